The van der Waals surface area contributed by atoms with Crippen molar-refractivity contribution in [2.24, 2.45) is 17.8 Å². The van der Waals surface area contributed by atoms with Crippen LogP contribution in [0.25, 0.3) is 0 Å². The maximum absolute atomic E-state index is 11.7. The highest BCUT2D eigenvalue weighted by molar-refractivity contribution is 5.97. The van der Waals surface area contributed by atoms with Gasteiger partial charge in [0.05, 0.1) is 0 Å². The maximum atomic E-state index is 11.7. The van der Waals surface area contributed by atoms with Crippen LogP contribution >= 0.6 is 0 Å². The molecule has 1 nitrogen and oxygen atoms in total. The van der Waals surface area contributed by atoms with Crippen molar-refractivity contribution in [2.75, 3.05) is 0 Å². The Bertz CT molecular complexity index is 203. The lowest BCUT2D eigenvalue weighted by Gasteiger charge is -2.29. The number of hydrogen-bond donors (Lipinski definition) is 0. The van der Waals surface area contributed by atoms with Crippen LogP contribution in [0.1, 0.15) is 33.6 Å². The van der Waals surface area contributed by atoms with Crippen LogP contribution in [0, 0.1) is 17.8 Å². The molecule has 1 heteroatoms. The quantitative estimate of drug-likeness (QED) is 0.547. The molecule has 0 aliphatic heterocycles. The molecule has 0 spiro atoms. The summed E-state index contributed by atoms with van der Waals surface area (Å²) >= 11 is 0. The van der Waals surface area contributed by atoms with Crippen LogP contribution in [-0.4, -0.2) is 5.78 Å². The molecule has 2 atom stereocenters. The first kappa shape index (κ1) is 9.50. The van der Waals surface area contributed by atoms with Crippen LogP contribution in [0.2, 0.25) is 0 Å². The normalized spacial score (nSPS) is 31.3. The van der Waals surface area contributed by atoms with Gasteiger partial charge in [-0.3, -0.25) is 4.79 Å². The summed E-state index contributed by atoms with van der Waals surface area (Å²) in [7, 11) is 0. The molecule has 0 aromatic heterocycles. The predicted molar refractivity (Wildman–Crippen MR) is 50.9 cm³/mol. The minimum absolute atomic E-state index is 0.244. The third-order valence-electron chi connectivity index (χ3n) is 2.96. The molecule has 1 aliphatic carbocycles. The van der Waals surface area contributed by atoms with E-state index in [0.29, 0.717) is 17.6 Å². The molecule has 0 radical (unpaired) electrons. The van der Waals surface area contributed by atoms with Gasteiger partial charge in [-0.2, -0.15) is 0 Å². The summed E-state index contributed by atoms with van der Waals surface area (Å²) in [4.78, 5) is 11.7. The minimum Gasteiger partial charge on any atom is -0.294 e. The second-order valence-electron chi connectivity index (χ2n) is 4.22. The van der Waals surface area contributed by atoms with Crippen LogP contribution < -0.4 is 0 Å². The number of hydrogen-bond acceptors (Lipinski definition) is 1. The van der Waals surface area contributed by atoms with Crippen molar-refractivity contribution < 1.29 is 4.79 Å². The Hall–Kier alpha value is -0.590. The monoisotopic (exact) mass is 166 g/mol. The van der Waals surface area contributed by atoms with E-state index in [-0.39, 0.29) is 5.92 Å². The summed E-state index contributed by atoms with van der Waals surface area (Å²) in [6.45, 7) is 10.2. The summed E-state index contributed by atoms with van der Waals surface area (Å²) in [5.41, 5.74) is 0.847. The van der Waals surface area contributed by atoms with Crippen molar-refractivity contribution in [3.05, 3.63) is 12.2 Å². The topological polar surface area (TPSA) is 17.1 Å². The molecule has 1 fully saturated rings. The largest absolute Gasteiger partial charge is 0.294 e. The van der Waals surface area contributed by atoms with Crippen molar-refractivity contribution in [1.29, 1.82) is 0 Å². The number of carbonyl (C=O) groups excluding carboxylic acids is 1. The first-order chi connectivity index (χ1) is 5.54. The third kappa shape index (κ3) is 1.60. The summed E-state index contributed by atoms with van der Waals surface area (Å²) < 4.78 is 0. The molecule has 1 aliphatic rings. The van der Waals surface area contributed by atoms with E-state index in [0.717, 1.165) is 18.4 Å². The zero-order valence-corrected chi connectivity index (χ0v) is 8.26. The van der Waals surface area contributed by atoms with E-state index in [9.17, 15) is 4.79 Å². The molecule has 0 heterocycles. The van der Waals surface area contributed by atoms with Gasteiger partial charge in [-0.05, 0) is 30.3 Å². The Labute approximate surface area is 74.9 Å². The van der Waals surface area contributed by atoms with Crippen LogP contribution in [0.3, 0.4) is 0 Å². The Morgan fingerprint density at radius 1 is 1.42 bits per heavy atom. The number of Topliss-reactive ketones (excluding diaryl/α,β-unsaturated/α-hetero) is 1. The lowest BCUT2D eigenvalue weighted by molar-refractivity contribution is -0.122. The van der Waals surface area contributed by atoms with Crippen molar-refractivity contribution in [1.82, 2.24) is 0 Å². The average Bonchev–Trinajstić information content (AvgIpc) is 2.00. The lowest BCUT2D eigenvalue weighted by atomic mass is 9.74. The first-order valence-corrected chi connectivity index (χ1v) is 4.77. The van der Waals surface area contributed by atoms with E-state index in [1.54, 1.807) is 0 Å². The van der Waals surface area contributed by atoms with Gasteiger partial charge in [0.15, 0.2) is 5.78 Å². The molecule has 0 aromatic carbocycles. The Morgan fingerprint density at radius 2 is 2.00 bits per heavy atom. The molecule has 0 bridgehead atoms. The van der Waals surface area contributed by atoms with Crippen molar-refractivity contribution in [2.45, 2.75) is 33.6 Å². The highest BCUT2D eigenvalue weighted by atomic mass is 16.1. The highest BCUT2D eigenvalue weighted by Gasteiger charge is 2.31. The van der Waals surface area contributed by atoms with E-state index >= 15 is 0 Å². The van der Waals surface area contributed by atoms with E-state index < -0.39 is 0 Å². The van der Waals surface area contributed by atoms with Crippen molar-refractivity contribution in [3.63, 3.8) is 0 Å². The van der Waals surface area contributed by atoms with Crippen LogP contribution in [-0.2, 0) is 4.79 Å². The molecule has 0 saturated heterocycles. The molecule has 1 rings (SSSR count). The zero-order valence-electron chi connectivity index (χ0n) is 8.26. The summed E-state index contributed by atoms with van der Waals surface area (Å²) in [5, 5.41) is 0. The SMILES string of the molecule is C=C1C(=O)[C@@H](C(C)C)CC[C@H]1C. The van der Waals surface area contributed by atoms with E-state index in [1.807, 2.05) is 0 Å². The Kier molecular flexibility index (Phi) is 2.71. The second-order valence-corrected chi connectivity index (χ2v) is 4.22. The van der Waals surface area contributed by atoms with Crippen LogP contribution in [0.5, 0.6) is 0 Å². The third-order valence-corrected chi connectivity index (χ3v) is 2.96. The van der Waals surface area contributed by atoms with Crippen molar-refractivity contribution >= 4 is 5.78 Å². The molecule has 12 heavy (non-hydrogen) atoms. The molecular formula is C11H18O. The zero-order chi connectivity index (χ0) is 9.30. The molecule has 0 amide bonds. The van der Waals surface area contributed by atoms with Gasteiger partial charge in [0.2, 0.25) is 0 Å². The van der Waals surface area contributed by atoms with Gasteiger partial charge < -0.3 is 0 Å². The van der Waals surface area contributed by atoms with Gasteiger partial charge in [-0.25, -0.2) is 0 Å². The molecular weight excluding hydrogens is 148 g/mol. The van der Waals surface area contributed by atoms with E-state index in [2.05, 4.69) is 27.4 Å². The van der Waals surface area contributed by atoms with Gasteiger partial charge in [-0.1, -0.05) is 27.4 Å². The first-order valence-electron chi connectivity index (χ1n) is 4.77. The Balaban J connectivity index is 2.72. The smallest absolute Gasteiger partial charge is 0.161 e. The molecule has 0 N–H and O–H groups in total. The minimum atomic E-state index is 0.244. The highest BCUT2D eigenvalue weighted by Crippen LogP contribution is 2.32. The van der Waals surface area contributed by atoms with Crippen LogP contribution in [0.15, 0.2) is 12.2 Å². The van der Waals surface area contributed by atoms with Gasteiger partial charge in [-0.15, -0.1) is 0 Å². The standard InChI is InChI=1S/C11H18O/c1-7(2)10-6-5-8(3)9(4)11(10)12/h7-8,10H,4-6H2,1-3H3/t8-,10-/m1/s1. The van der Waals surface area contributed by atoms with Crippen molar-refractivity contribution in [3.8, 4) is 0 Å². The number of ketones is 1. The van der Waals surface area contributed by atoms with Gasteiger partial charge in [0.25, 0.3) is 0 Å². The summed E-state index contributed by atoms with van der Waals surface area (Å²) in [6, 6.07) is 0. The Morgan fingerprint density at radius 3 is 2.50 bits per heavy atom. The molecule has 0 aromatic rings. The lowest BCUT2D eigenvalue weighted by Crippen LogP contribution is -2.29. The second kappa shape index (κ2) is 3.42. The van der Waals surface area contributed by atoms with Crippen LogP contribution in [0.4, 0.5) is 0 Å². The number of carbonyl (C=O) groups is 1. The van der Waals surface area contributed by atoms with Gasteiger partial charge in [0.1, 0.15) is 0 Å². The maximum Gasteiger partial charge on any atom is 0.161 e. The summed E-state index contributed by atoms with van der Waals surface area (Å²) in [6.07, 6.45) is 2.18. The molecule has 0 unspecified atom stereocenters. The van der Waals surface area contributed by atoms with Gasteiger partial charge in [0, 0.05) is 5.92 Å². The fourth-order valence-electron chi connectivity index (χ4n) is 1.85. The molecule has 1 saturated carbocycles. The van der Waals surface area contributed by atoms with Gasteiger partial charge >= 0.3 is 0 Å². The molecule has 68 valence electrons. The number of allylic oxidation sites excluding steroid dienone is 1. The fraction of sp³-hybridized carbons (Fsp3) is 0.727. The van der Waals surface area contributed by atoms with E-state index in [4.69, 9.17) is 0 Å². The summed E-state index contributed by atoms with van der Waals surface area (Å²) in [5.74, 6) is 1.44. The fourth-order valence-corrected chi connectivity index (χ4v) is 1.85. The van der Waals surface area contributed by atoms with E-state index in [1.165, 1.54) is 0 Å². The number of rotatable bonds is 1. The predicted octanol–water partition coefficient (Wildman–Crippen LogP) is 2.81. The average molecular weight is 166 g/mol.